The molecule has 2 aliphatic rings. The van der Waals surface area contributed by atoms with Gasteiger partial charge in [0, 0.05) is 32.8 Å². The van der Waals surface area contributed by atoms with Crippen molar-refractivity contribution in [1.82, 2.24) is 15.1 Å². The quantitative estimate of drug-likeness (QED) is 0.763. The van der Waals surface area contributed by atoms with Crippen LogP contribution >= 0.6 is 0 Å². The second kappa shape index (κ2) is 7.35. The molecule has 2 atom stereocenters. The van der Waals surface area contributed by atoms with Crippen molar-refractivity contribution >= 4 is 12.1 Å². The van der Waals surface area contributed by atoms with Crippen LogP contribution in [0, 0.1) is 0 Å². The topological polar surface area (TPSA) is 97.1 Å². The second-order valence-electron chi connectivity index (χ2n) is 7.02. The standard InChI is InChI=1S/C15H28N4O4/c1-15(2,3)23-14(21)18-5-6-19(12(8-16)9-18)13(20)17-11-4-7-22-10-11/h11-12H,4-10,16H2,1-3H3,(H,17,20). The molecule has 8 heteroatoms. The van der Waals surface area contributed by atoms with Crippen LogP contribution in [0.3, 0.4) is 0 Å². The minimum Gasteiger partial charge on any atom is -0.444 e. The smallest absolute Gasteiger partial charge is 0.410 e. The first-order valence-electron chi connectivity index (χ1n) is 8.13. The first-order valence-corrected chi connectivity index (χ1v) is 8.13. The molecule has 0 saturated carbocycles. The van der Waals surface area contributed by atoms with E-state index in [0.717, 1.165) is 6.42 Å². The van der Waals surface area contributed by atoms with E-state index < -0.39 is 5.60 Å². The number of ether oxygens (including phenoxy) is 2. The summed E-state index contributed by atoms with van der Waals surface area (Å²) in [7, 11) is 0. The molecular weight excluding hydrogens is 300 g/mol. The molecule has 0 bridgehead atoms. The summed E-state index contributed by atoms with van der Waals surface area (Å²) in [4.78, 5) is 27.9. The summed E-state index contributed by atoms with van der Waals surface area (Å²) in [6, 6.07) is -0.289. The highest BCUT2D eigenvalue weighted by molar-refractivity contribution is 5.76. The summed E-state index contributed by atoms with van der Waals surface area (Å²) in [5.74, 6) is 0. The van der Waals surface area contributed by atoms with Crippen LogP contribution in [0.1, 0.15) is 27.2 Å². The SMILES string of the molecule is CC(C)(C)OC(=O)N1CCN(C(=O)NC2CCOC2)C(CN)C1. The molecule has 0 radical (unpaired) electrons. The summed E-state index contributed by atoms with van der Waals surface area (Å²) >= 11 is 0. The lowest BCUT2D eigenvalue weighted by molar-refractivity contribution is 0.00962. The monoisotopic (exact) mass is 328 g/mol. The third kappa shape index (κ3) is 4.97. The van der Waals surface area contributed by atoms with Gasteiger partial charge in [0.25, 0.3) is 0 Å². The van der Waals surface area contributed by atoms with Crippen molar-refractivity contribution in [2.24, 2.45) is 5.73 Å². The van der Waals surface area contributed by atoms with Gasteiger partial charge >= 0.3 is 12.1 Å². The number of amides is 3. The summed E-state index contributed by atoms with van der Waals surface area (Å²) in [5.41, 5.74) is 5.27. The zero-order valence-corrected chi connectivity index (χ0v) is 14.2. The van der Waals surface area contributed by atoms with Crippen LogP contribution in [0.25, 0.3) is 0 Å². The molecule has 3 amide bonds. The van der Waals surface area contributed by atoms with Crippen molar-refractivity contribution < 1.29 is 19.1 Å². The van der Waals surface area contributed by atoms with Crippen molar-refractivity contribution in [1.29, 1.82) is 0 Å². The summed E-state index contributed by atoms with van der Waals surface area (Å²) in [6.07, 6.45) is 0.469. The van der Waals surface area contributed by atoms with Gasteiger partial charge in [0.05, 0.1) is 18.7 Å². The highest BCUT2D eigenvalue weighted by Crippen LogP contribution is 2.15. The predicted octanol–water partition coefficient (Wildman–Crippen LogP) is 0.365. The maximum atomic E-state index is 12.4. The van der Waals surface area contributed by atoms with E-state index in [1.165, 1.54) is 0 Å². The van der Waals surface area contributed by atoms with Crippen LogP contribution in [-0.4, -0.2) is 79.0 Å². The van der Waals surface area contributed by atoms with Gasteiger partial charge < -0.3 is 30.3 Å². The van der Waals surface area contributed by atoms with Crippen LogP contribution in [0.15, 0.2) is 0 Å². The molecule has 2 unspecified atom stereocenters. The first-order chi connectivity index (χ1) is 10.8. The molecular formula is C15H28N4O4. The van der Waals surface area contributed by atoms with E-state index >= 15 is 0 Å². The number of nitrogens with one attached hydrogen (secondary N) is 1. The third-order valence-electron chi connectivity index (χ3n) is 3.92. The number of nitrogens with two attached hydrogens (primary N) is 1. The molecule has 2 saturated heterocycles. The van der Waals surface area contributed by atoms with Gasteiger partial charge in [-0.2, -0.15) is 0 Å². The van der Waals surface area contributed by atoms with Crippen LogP contribution in [0.2, 0.25) is 0 Å². The van der Waals surface area contributed by atoms with Crippen LogP contribution < -0.4 is 11.1 Å². The fourth-order valence-electron chi connectivity index (χ4n) is 2.72. The van der Waals surface area contributed by atoms with E-state index in [1.807, 2.05) is 20.8 Å². The minimum absolute atomic E-state index is 0.0600. The van der Waals surface area contributed by atoms with Crippen molar-refractivity contribution in [2.45, 2.75) is 44.9 Å². The van der Waals surface area contributed by atoms with Gasteiger partial charge in [-0.15, -0.1) is 0 Å². The van der Waals surface area contributed by atoms with Crippen LogP contribution in [0.4, 0.5) is 9.59 Å². The molecule has 2 heterocycles. The molecule has 8 nitrogen and oxygen atoms in total. The average Bonchev–Trinajstić information content (AvgIpc) is 2.97. The van der Waals surface area contributed by atoms with Gasteiger partial charge in [0.1, 0.15) is 5.60 Å². The van der Waals surface area contributed by atoms with Crippen molar-refractivity contribution in [3.8, 4) is 0 Å². The Balaban J connectivity index is 1.90. The number of carbonyl (C=O) groups is 2. The molecule has 0 aromatic rings. The Kier molecular flexibility index (Phi) is 5.69. The molecule has 0 aromatic heterocycles. The number of nitrogens with zero attached hydrogens (tertiary/aromatic N) is 2. The van der Waals surface area contributed by atoms with E-state index in [2.05, 4.69) is 5.32 Å². The van der Waals surface area contributed by atoms with Gasteiger partial charge in [-0.3, -0.25) is 0 Å². The van der Waals surface area contributed by atoms with Crippen molar-refractivity contribution in [3.63, 3.8) is 0 Å². The molecule has 132 valence electrons. The Morgan fingerprint density at radius 3 is 2.65 bits per heavy atom. The van der Waals surface area contributed by atoms with Gasteiger partial charge in [-0.25, -0.2) is 9.59 Å². The Labute approximate surface area is 137 Å². The van der Waals surface area contributed by atoms with E-state index in [9.17, 15) is 9.59 Å². The highest BCUT2D eigenvalue weighted by Gasteiger charge is 2.34. The van der Waals surface area contributed by atoms with E-state index in [-0.39, 0.29) is 24.2 Å². The maximum absolute atomic E-state index is 12.4. The second-order valence-corrected chi connectivity index (χ2v) is 7.02. The third-order valence-corrected chi connectivity index (χ3v) is 3.92. The molecule has 0 spiro atoms. The van der Waals surface area contributed by atoms with E-state index in [1.54, 1.807) is 9.80 Å². The number of urea groups is 1. The number of rotatable bonds is 2. The summed E-state index contributed by atoms with van der Waals surface area (Å²) < 4.78 is 10.6. The first kappa shape index (κ1) is 17.8. The number of hydrogen-bond acceptors (Lipinski definition) is 5. The normalized spacial score (nSPS) is 25.4. The molecule has 0 aromatic carbocycles. The fraction of sp³-hybridized carbons (Fsp3) is 0.867. The molecule has 23 heavy (non-hydrogen) atoms. The van der Waals surface area contributed by atoms with Gasteiger partial charge in [0.15, 0.2) is 0 Å². The molecule has 2 rings (SSSR count). The van der Waals surface area contributed by atoms with Crippen molar-refractivity contribution in [2.75, 3.05) is 39.4 Å². The van der Waals surface area contributed by atoms with Gasteiger partial charge in [-0.05, 0) is 27.2 Å². The lowest BCUT2D eigenvalue weighted by Crippen LogP contribution is -2.62. The maximum Gasteiger partial charge on any atom is 0.410 e. The Morgan fingerprint density at radius 1 is 1.35 bits per heavy atom. The molecule has 2 fully saturated rings. The largest absolute Gasteiger partial charge is 0.444 e. The molecule has 0 aliphatic carbocycles. The minimum atomic E-state index is -0.535. The van der Waals surface area contributed by atoms with E-state index in [4.69, 9.17) is 15.2 Å². The number of carbonyl (C=O) groups excluding carboxylic acids is 2. The Hall–Kier alpha value is -1.54. The zero-order chi connectivity index (χ0) is 17.0. The van der Waals surface area contributed by atoms with Gasteiger partial charge in [-0.1, -0.05) is 0 Å². The summed E-state index contributed by atoms with van der Waals surface area (Å²) in [6.45, 7) is 8.30. The lowest BCUT2D eigenvalue weighted by Gasteiger charge is -2.41. The Bertz CT molecular complexity index is 432. The zero-order valence-electron chi connectivity index (χ0n) is 14.2. The number of piperazine rings is 1. The lowest BCUT2D eigenvalue weighted by atomic mass is 10.1. The number of hydrogen-bond donors (Lipinski definition) is 2. The van der Waals surface area contributed by atoms with Crippen LogP contribution in [-0.2, 0) is 9.47 Å². The highest BCUT2D eigenvalue weighted by atomic mass is 16.6. The summed E-state index contributed by atoms with van der Waals surface area (Å²) in [5, 5.41) is 2.97. The fourth-order valence-corrected chi connectivity index (χ4v) is 2.72. The molecule has 3 N–H and O–H groups in total. The van der Waals surface area contributed by atoms with E-state index in [0.29, 0.717) is 39.4 Å². The van der Waals surface area contributed by atoms with Crippen molar-refractivity contribution in [3.05, 3.63) is 0 Å². The molecule has 2 aliphatic heterocycles. The predicted molar refractivity (Wildman–Crippen MR) is 85.1 cm³/mol. The van der Waals surface area contributed by atoms with Crippen LogP contribution in [0.5, 0.6) is 0 Å². The Morgan fingerprint density at radius 2 is 2.09 bits per heavy atom. The van der Waals surface area contributed by atoms with Gasteiger partial charge in [0.2, 0.25) is 0 Å². The average molecular weight is 328 g/mol.